The third kappa shape index (κ3) is 5.30. The first kappa shape index (κ1) is 21.6. The number of nitrogens with zero attached hydrogens (tertiary/aromatic N) is 2. The number of hydrogen-bond acceptors (Lipinski definition) is 4. The summed E-state index contributed by atoms with van der Waals surface area (Å²) in [5.41, 5.74) is 3.76. The molecule has 0 aliphatic heterocycles. The van der Waals surface area contributed by atoms with Crippen molar-refractivity contribution in [2.75, 3.05) is 11.1 Å². The zero-order chi connectivity index (χ0) is 21.1. The number of rotatable bonds is 7. The summed E-state index contributed by atoms with van der Waals surface area (Å²) in [6, 6.07) is 7.53. The van der Waals surface area contributed by atoms with Crippen molar-refractivity contribution >= 4 is 50.3 Å². The topological polar surface area (TPSA) is 79.8 Å². The minimum Gasteiger partial charge on any atom is -0.353 e. The summed E-state index contributed by atoms with van der Waals surface area (Å²) in [5.74, 6) is 0.509. The average molecular weight is 477 g/mol. The third-order valence-electron chi connectivity index (χ3n) is 4.54. The lowest BCUT2D eigenvalue weighted by Gasteiger charge is -2.13. The van der Waals surface area contributed by atoms with Crippen LogP contribution < -0.4 is 10.9 Å². The highest BCUT2D eigenvalue weighted by Gasteiger charge is 2.15. The molecule has 29 heavy (non-hydrogen) atoms. The van der Waals surface area contributed by atoms with Gasteiger partial charge in [0, 0.05) is 22.4 Å². The molecule has 6 nitrogen and oxygen atoms in total. The third-order valence-corrected chi connectivity index (χ3v) is 6.41. The van der Waals surface area contributed by atoms with Gasteiger partial charge in [0.1, 0.15) is 5.52 Å². The lowest BCUT2D eigenvalue weighted by atomic mass is 10.1. The second kappa shape index (κ2) is 9.17. The van der Waals surface area contributed by atoms with Crippen molar-refractivity contribution in [3.8, 4) is 0 Å². The largest absolute Gasteiger partial charge is 0.353 e. The molecule has 3 aromatic rings. The number of H-pyrrole nitrogens is 1. The van der Waals surface area contributed by atoms with Gasteiger partial charge in [-0.15, -0.1) is 0 Å². The molecule has 0 radical (unpaired) electrons. The van der Waals surface area contributed by atoms with E-state index in [0.717, 1.165) is 27.8 Å². The van der Waals surface area contributed by atoms with Crippen LogP contribution in [0, 0.1) is 19.8 Å². The molecule has 154 valence electrons. The smallest absolute Gasteiger partial charge is 0.278 e. The molecule has 0 unspecified atom stereocenters. The molecule has 0 atom stereocenters. The Morgan fingerprint density at radius 1 is 1.31 bits per heavy atom. The van der Waals surface area contributed by atoms with E-state index in [4.69, 9.17) is 0 Å². The number of thioether (sulfide) groups is 1. The van der Waals surface area contributed by atoms with Crippen LogP contribution in [0.4, 0.5) is 5.69 Å². The predicted molar refractivity (Wildman–Crippen MR) is 123 cm³/mol. The molecule has 8 heteroatoms. The molecule has 0 saturated carbocycles. The quantitative estimate of drug-likeness (QED) is 0.376. The van der Waals surface area contributed by atoms with E-state index in [1.165, 1.54) is 11.8 Å². The number of hydrogen-bond donors (Lipinski definition) is 2. The molecule has 2 heterocycles. The Kier molecular flexibility index (Phi) is 6.85. The number of fused-ring (bicyclic) bond motifs is 1. The number of aromatic amines is 1. The standard InChI is InChI=1S/C21H25BrN4O2S/c1-12(2)7-8-26-20(28)19-17(10-14(4)23-19)25-21(26)29-11-18(27)24-15-5-6-16(22)13(3)9-15/h5-6,9-10,12,23H,7-8,11H2,1-4H3,(H,24,27). The minimum atomic E-state index is -0.133. The summed E-state index contributed by atoms with van der Waals surface area (Å²) in [7, 11) is 0. The van der Waals surface area contributed by atoms with Crippen molar-refractivity contribution in [2.45, 2.75) is 45.8 Å². The highest BCUT2D eigenvalue weighted by Crippen LogP contribution is 2.22. The van der Waals surface area contributed by atoms with Crippen LogP contribution in [-0.4, -0.2) is 26.2 Å². The Hall–Kier alpha value is -2.06. The Labute approximate surface area is 182 Å². The van der Waals surface area contributed by atoms with Crippen molar-refractivity contribution < 1.29 is 4.79 Å². The van der Waals surface area contributed by atoms with E-state index >= 15 is 0 Å². The molecular weight excluding hydrogens is 452 g/mol. The second-order valence-electron chi connectivity index (χ2n) is 7.55. The normalized spacial score (nSPS) is 11.4. The van der Waals surface area contributed by atoms with Gasteiger partial charge in [0.05, 0.1) is 11.3 Å². The van der Waals surface area contributed by atoms with Crippen LogP contribution in [-0.2, 0) is 11.3 Å². The molecule has 0 aliphatic carbocycles. The van der Waals surface area contributed by atoms with Gasteiger partial charge in [-0.3, -0.25) is 14.2 Å². The first-order valence-corrected chi connectivity index (χ1v) is 11.3. The number of benzene rings is 1. The van der Waals surface area contributed by atoms with Gasteiger partial charge in [-0.05, 0) is 56.0 Å². The van der Waals surface area contributed by atoms with E-state index in [1.807, 2.05) is 38.1 Å². The van der Waals surface area contributed by atoms with E-state index in [-0.39, 0.29) is 17.2 Å². The van der Waals surface area contributed by atoms with Crippen LogP contribution in [0.2, 0.25) is 0 Å². The Bertz CT molecular complexity index is 1100. The predicted octanol–water partition coefficient (Wildman–Crippen LogP) is 4.88. The summed E-state index contributed by atoms with van der Waals surface area (Å²) < 4.78 is 2.68. The highest BCUT2D eigenvalue weighted by molar-refractivity contribution is 9.10. The van der Waals surface area contributed by atoms with Gasteiger partial charge in [0.25, 0.3) is 5.56 Å². The molecule has 0 bridgehead atoms. The van der Waals surface area contributed by atoms with Gasteiger partial charge >= 0.3 is 0 Å². The van der Waals surface area contributed by atoms with Crippen LogP contribution in [0.5, 0.6) is 0 Å². The van der Waals surface area contributed by atoms with Crippen LogP contribution in [0.25, 0.3) is 11.0 Å². The van der Waals surface area contributed by atoms with Gasteiger partial charge in [-0.1, -0.05) is 41.5 Å². The molecule has 0 spiro atoms. The SMILES string of the molecule is Cc1cc2nc(SCC(=O)Nc3ccc(Br)c(C)c3)n(CCC(C)C)c(=O)c2[nH]1. The maximum Gasteiger partial charge on any atom is 0.278 e. The molecular formula is C21H25BrN4O2S. The molecule has 1 amide bonds. The van der Waals surface area contributed by atoms with Gasteiger partial charge in [0.15, 0.2) is 5.16 Å². The van der Waals surface area contributed by atoms with Crippen molar-refractivity contribution in [3.05, 3.63) is 50.3 Å². The van der Waals surface area contributed by atoms with Crippen LogP contribution >= 0.6 is 27.7 Å². The molecule has 0 fully saturated rings. The number of anilines is 1. The lowest BCUT2D eigenvalue weighted by Crippen LogP contribution is -2.25. The fraction of sp³-hybridized carbons (Fsp3) is 0.381. The number of aryl methyl sites for hydroxylation is 2. The number of aromatic nitrogens is 3. The van der Waals surface area contributed by atoms with Crippen molar-refractivity contribution in [3.63, 3.8) is 0 Å². The van der Waals surface area contributed by atoms with E-state index in [0.29, 0.717) is 28.7 Å². The fourth-order valence-electron chi connectivity index (χ4n) is 2.96. The molecule has 3 rings (SSSR count). The van der Waals surface area contributed by atoms with Crippen molar-refractivity contribution in [1.82, 2.24) is 14.5 Å². The Balaban J connectivity index is 1.80. The molecule has 2 aromatic heterocycles. The average Bonchev–Trinajstić information content (AvgIpc) is 3.03. The van der Waals surface area contributed by atoms with Gasteiger partial charge in [-0.25, -0.2) is 4.98 Å². The fourth-order valence-corrected chi connectivity index (χ4v) is 4.03. The van der Waals surface area contributed by atoms with Crippen LogP contribution in [0.1, 0.15) is 31.5 Å². The highest BCUT2D eigenvalue weighted by atomic mass is 79.9. The van der Waals surface area contributed by atoms with E-state index in [1.54, 1.807) is 4.57 Å². The zero-order valence-electron chi connectivity index (χ0n) is 17.0. The zero-order valence-corrected chi connectivity index (χ0v) is 19.4. The molecule has 0 aliphatic rings. The second-order valence-corrected chi connectivity index (χ2v) is 9.34. The number of carbonyl (C=O) groups is 1. The van der Waals surface area contributed by atoms with E-state index in [2.05, 4.69) is 45.1 Å². The van der Waals surface area contributed by atoms with Crippen molar-refractivity contribution in [1.29, 1.82) is 0 Å². The number of halogens is 1. The van der Waals surface area contributed by atoms with Gasteiger partial charge in [0.2, 0.25) is 5.91 Å². The summed E-state index contributed by atoms with van der Waals surface area (Å²) in [6.45, 7) is 8.69. The summed E-state index contributed by atoms with van der Waals surface area (Å²) in [6.07, 6.45) is 0.866. The minimum absolute atomic E-state index is 0.0878. The summed E-state index contributed by atoms with van der Waals surface area (Å²) in [5, 5.41) is 3.48. The number of carbonyl (C=O) groups excluding carboxylic acids is 1. The van der Waals surface area contributed by atoms with E-state index in [9.17, 15) is 9.59 Å². The molecule has 1 aromatic carbocycles. The first-order chi connectivity index (χ1) is 13.7. The monoisotopic (exact) mass is 476 g/mol. The molecule has 2 N–H and O–H groups in total. The Morgan fingerprint density at radius 3 is 2.76 bits per heavy atom. The van der Waals surface area contributed by atoms with Gasteiger partial charge < -0.3 is 10.3 Å². The lowest BCUT2D eigenvalue weighted by molar-refractivity contribution is -0.113. The Morgan fingerprint density at radius 2 is 2.07 bits per heavy atom. The molecule has 0 saturated heterocycles. The maximum absolute atomic E-state index is 13.0. The van der Waals surface area contributed by atoms with Crippen molar-refractivity contribution in [2.24, 2.45) is 5.92 Å². The first-order valence-electron chi connectivity index (χ1n) is 9.53. The van der Waals surface area contributed by atoms with E-state index < -0.39 is 0 Å². The number of amides is 1. The van der Waals surface area contributed by atoms with Crippen LogP contribution in [0.15, 0.2) is 38.7 Å². The number of nitrogens with one attached hydrogen (secondary N) is 2. The van der Waals surface area contributed by atoms with Gasteiger partial charge in [-0.2, -0.15) is 0 Å². The summed E-state index contributed by atoms with van der Waals surface area (Å²) >= 11 is 4.75. The van der Waals surface area contributed by atoms with Crippen LogP contribution in [0.3, 0.4) is 0 Å². The summed E-state index contributed by atoms with van der Waals surface area (Å²) in [4.78, 5) is 33.1. The maximum atomic E-state index is 13.0.